The predicted molar refractivity (Wildman–Crippen MR) is 81.9 cm³/mol. The van der Waals surface area contributed by atoms with Gasteiger partial charge in [-0.1, -0.05) is 29.3 Å². The van der Waals surface area contributed by atoms with Crippen LogP contribution in [0.25, 0.3) is 0 Å². The summed E-state index contributed by atoms with van der Waals surface area (Å²) in [7, 11) is 0. The van der Waals surface area contributed by atoms with Crippen molar-refractivity contribution in [3.05, 3.63) is 58.0 Å². The van der Waals surface area contributed by atoms with E-state index in [0.29, 0.717) is 16.9 Å². The van der Waals surface area contributed by atoms with Gasteiger partial charge in [-0.25, -0.2) is 4.79 Å². The number of aliphatic carboxylic acids is 1. The number of hydrogen-bond donors (Lipinski definition) is 2. The summed E-state index contributed by atoms with van der Waals surface area (Å²) in [5.41, 5.74) is 3.11. The highest BCUT2D eigenvalue weighted by Gasteiger charge is 2.25. The van der Waals surface area contributed by atoms with Crippen LogP contribution in [-0.2, 0) is 4.79 Å². The average molecular weight is 301 g/mol. The van der Waals surface area contributed by atoms with Crippen LogP contribution in [0.2, 0.25) is 0 Å². The minimum atomic E-state index is -1.11. The normalized spacial score (nSPS) is 12.0. The van der Waals surface area contributed by atoms with Crippen molar-refractivity contribution in [1.82, 2.24) is 5.32 Å². The molecule has 116 valence electrons. The van der Waals surface area contributed by atoms with Crippen LogP contribution in [0.15, 0.2) is 28.7 Å². The smallest absolute Gasteiger partial charge is 0.330 e. The number of carboxylic acids is 1. The molecule has 0 aliphatic rings. The van der Waals surface area contributed by atoms with E-state index in [9.17, 15) is 14.7 Å². The fourth-order valence-electron chi connectivity index (χ4n) is 2.53. The molecular weight excluding hydrogens is 282 g/mol. The topological polar surface area (TPSA) is 79.5 Å². The van der Waals surface area contributed by atoms with Gasteiger partial charge in [-0.2, -0.15) is 0 Å². The average Bonchev–Trinajstić information content (AvgIpc) is 2.73. The number of amides is 1. The van der Waals surface area contributed by atoms with Gasteiger partial charge < -0.3 is 14.8 Å². The Hall–Kier alpha value is -2.56. The van der Waals surface area contributed by atoms with E-state index in [4.69, 9.17) is 4.42 Å². The van der Waals surface area contributed by atoms with Gasteiger partial charge in [0.15, 0.2) is 11.8 Å². The third-order valence-corrected chi connectivity index (χ3v) is 3.35. The molecular formula is C17H19NO4. The number of hydrogen-bond acceptors (Lipinski definition) is 3. The molecule has 1 atom stereocenters. The summed E-state index contributed by atoms with van der Waals surface area (Å²) < 4.78 is 5.34. The standard InChI is InChI=1S/C17H19NO4/c1-9-5-10(2)7-13(6-9)14(17(20)21)18-16(19)15-11(3)8-12(4)22-15/h5-8,14H,1-4H3,(H,18,19)(H,20,21). The summed E-state index contributed by atoms with van der Waals surface area (Å²) in [6, 6.07) is 6.08. The number of aryl methyl sites for hydroxylation is 4. The highest BCUT2D eigenvalue weighted by molar-refractivity contribution is 5.95. The molecule has 1 heterocycles. The van der Waals surface area contributed by atoms with Gasteiger partial charge in [0.2, 0.25) is 0 Å². The molecule has 1 aromatic heterocycles. The van der Waals surface area contributed by atoms with Gasteiger partial charge in [0, 0.05) is 5.56 Å². The van der Waals surface area contributed by atoms with Gasteiger partial charge in [0.05, 0.1) is 0 Å². The summed E-state index contributed by atoms with van der Waals surface area (Å²) in [6.45, 7) is 7.26. The van der Waals surface area contributed by atoms with Gasteiger partial charge in [-0.15, -0.1) is 0 Å². The van der Waals surface area contributed by atoms with E-state index in [1.807, 2.05) is 19.9 Å². The molecule has 22 heavy (non-hydrogen) atoms. The summed E-state index contributed by atoms with van der Waals surface area (Å²) in [4.78, 5) is 23.8. The third-order valence-electron chi connectivity index (χ3n) is 3.35. The van der Waals surface area contributed by atoms with Gasteiger partial charge in [0.25, 0.3) is 5.91 Å². The molecule has 1 amide bonds. The van der Waals surface area contributed by atoms with Crippen LogP contribution in [0.1, 0.15) is 44.6 Å². The van der Waals surface area contributed by atoms with Gasteiger partial charge in [-0.05, 0) is 39.3 Å². The zero-order valence-corrected chi connectivity index (χ0v) is 13.1. The van der Waals surface area contributed by atoms with Crippen molar-refractivity contribution in [1.29, 1.82) is 0 Å². The van der Waals surface area contributed by atoms with Crippen LogP contribution in [0.4, 0.5) is 0 Å². The Morgan fingerprint density at radius 3 is 2.09 bits per heavy atom. The molecule has 2 aromatic rings. The molecule has 0 aliphatic heterocycles. The number of furan rings is 1. The van der Waals surface area contributed by atoms with Crippen molar-refractivity contribution in [3.8, 4) is 0 Å². The van der Waals surface area contributed by atoms with Gasteiger partial charge in [0.1, 0.15) is 5.76 Å². The largest absolute Gasteiger partial charge is 0.479 e. The molecule has 0 saturated carbocycles. The molecule has 1 aromatic carbocycles. The Labute approximate surface area is 129 Å². The van der Waals surface area contributed by atoms with Crippen LogP contribution in [0, 0.1) is 27.7 Å². The minimum absolute atomic E-state index is 0.146. The number of benzene rings is 1. The van der Waals surface area contributed by atoms with E-state index in [1.165, 1.54) is 0 Å². The van der Waals surface area contributed by atoms with Crippen LogP contribution in [0.5, 0.6) is 0 Å². The van der Waals surface area contributed by atoms with E-state index in [0.717, 1.165) is 11.1 Å². The van der Waals surface area contributed by atoms with E-state index in [-0.39, 0.29) is 5.76 Å². The monoisotopic (exact) mass is 301 g/mol. The summed E-state index contributed by atoms with van der Waals surface area (Å²) in [5, 5.41) is 12.0. The highest BCUT2D eigenvalue weighted by atomic mass is 16.4. The lowest BCUT2D eigenvalue weighted by Crippen LogP contribution is -2.34. The maximum absolute atomic E-state index is 12.3. The van der Waals surface area contributed by atoms with Crippen molar-refractivity contribution < 1.29 is 19.1 Å². The number of rotatable bonds is 4. The first-order valence-electron chi connectivity index (χ1n) is 6.97. The molecule has 0 aliphatic carbocycles. The minimum Gasteiger partial charge on any atom is -0.479 e. The summed E-state index contributed by atoms with van der Waals surface area (Å²) >= 11 is 0. The lowest BCUT2D eigenvalue weighted by atomic mass is 10.0. The van der Waals surface area contributed by atoms with E-state index in [2.05, 4.69) is 5.32 Å². The maximum atomic E-state index is 12.3. The lowest BCUT2D eigenvalue weighted by Gasteiger charge is -2.15. The maximum Gasteiger partial charge on any atom is 0.330 e. The van der Waals surface area contributed by atoms with Crippen LogP contribution < -0.4 is 5.32 Å². The van der Waals surface area contributed by atoms with Crippen molar-refractivity contribution in [3.63, 3.8) is 0 Å². The molecule has 2 rings (SSSR count). The lowest BCUT2D eigenvalue weighted by molar-refractivity contribution is -0.139. The fourth-order valence-corrected chi connectivity index (χ4v) is 2.53. The number of carboxylic acid groups (broad SMARTS) is 1. The predicted octanol–water partition coefficient (Wildman–Crippen LogP) is 3.07. The number of carbonyl (C=O) groups excluding carboxylic acids is 1. The van der Waals surface area contributed by atoms with E-state index < -0.39 is 17.9 Å². The van der Waals surface area contributed by atoms with Crippen LogP contribution in [-0.4, -0.2) is 17.0 Å². The molecule has 0 fully saturated rings. The zero-order chi connectivity index (χ0) is 16.4. The summed E-state index contributed by atoms with van der Waals surface area (Å²) in [5.74, 6) is -0.884. The Morgan fingerprint density at radius 2 is 1.64 bits per heavy atom. The highest BCUT2D eigenvalue weighted by Crippen LogP contribution is 2.20. The zero-order valence-electron chi connectivity index (χ0n) is 13.1. The third kappa shape index (κ3) is 3.36. The number of carbonyl (C=O) groups is 2. The Morgan fingerprint density at radius 1 is 1.05 bits per heavy atom. The summed E-state index contributed by atoms with van der Waals surface area (Å²) in [6.07, 6.45) is 0. The quantitative estimate of drug-likeness (QED) is 0.909. The van der Waals surface area contributed by atoms with Crippen molar-refractivity contribution in [2.75, 3.05) is 0 Å². The molecule has 5 nitrogen and oxygen atoms in total. The first-order valence-corrected chi connectivity index (χ1v) is 6.97. The van der Waals surface area contributed by atoms with E-state index >= 15 is 0 Å². The van der Waals surface area contributed by atoms with Crippen LogP contribution in [0.3, 0.4) is 0 Å². The molecule has 1 unspecified atom stereocenters. The molecule has 0 spiro atoms. The molecule has 2 N–H and O–H groups in total. The van der Waals surface area contributed by atoms with Gasteiger partial charge in [-0.3, -0.25) is 4.79 Å². The molecule has 0 saturated heterocycles. The van der Waals surface area contributed by atoms with Crippen LogP contribution >= 0.6 is 0 Å². The molecule has 0 bridgehead atoms. The van der Waals surface area contributed by atoms with Gasteiger partial charge >= 0.3 is 5.97 Å². The second kappa shape index (κ2) is 6.05. The second-order valence-corrected chi connectivity index (χ2v) is 5.53. The van der Waals surface area contributed by atoms with Crippen molar-refractivity contribution in [2.45, 2.75) is 33.7 Å². The fraction of sp³-hybridized carbons (Fsp3) is 0.294. The first kappa shape index (κ1) is 15.8. The second-order valence-electron chi connectivity index (χ2n) is 5.53. The Bertz CT molecular complexity index is 710. The van der Waals surface area contributed by atoms with Crippen molar-refractivity contribution in [2.24, 2.45) is 0 Å². The first-order chi connectivity index (χ1) is 10.3. The van der Waals surface area contributed by atoms with Crippen molar-refractivity contribution >= 4 is 11.9 Å². The van der Waals surface area contributed by atoms with E-state index in [1.54, 1.807) is 32.0 Å². The SMILES string of the molecule is Cc1cc(C)cc(C(NC(=O)c2oc(C)cc2C)C(=O)O)c1. The molecule has 0 radical (unpaired) electrons. The Balaban J connectivity index is 2.31. The molecule has 5 heteroatoms. The Kier molecular flexibility index (Phi) is 4.35. The number of nitrogens with one attached hydrogen (secondary N) is 1.